The summed E-state index contributed by atoms with van der Waals surface area (Å²) in [6.45, 7) is 2.63. The van der Waals surface area contributed by atoms with Crippen LogP contribution in [0.1, 0.15) is 31.5 Å². The maximum Gasteiger partial charge on any atom is 0.237 e. The van der Waals surface area contributed by atoms with Gasteiger partial charge in [-0.05, 0) is 44.0 Å². The van der Waals surface area contributed by atoms with Gasteiger partial charge in [-0.1, -0.05) is 48.2 Å². The average Bonchev–Trinajstić information content (AvgIpc) is 3.48. The molecule has 1 aromatic heterocycles. The number of nitrogens with zero attached hydrogens (tertiary/aromatic N) is 4. The molecule has 0 atom stereocenters. The van der Waals surface area contributed by atoms with E-state index in [-0.39, 0.29) is 5.91 Å². The molecule has 1 aliphatic rings. The van der Waals surface area contributed by atoms with E-state index in [0.717, 1.165) is 35.2 Å². The minimum atomic E-state index is 0.0734. The van der Waals surface area contributed by atoms with Gasteiger partial charge < -0.3 is 4.90 Å². The molecule has 1 saturated carbocycles. The van der Waals surface area contributed by atoms with Gasteiger partial charge in [0.15, 0.2) is 5.16 Å². The quantitative estimate of drug-likeness (QED) is 0.576. The molecule has 0 spiro atoms. The molecule has 1 heterocycles. The van der Waals surface area contributed by atoms with E-state index in [0.29, 0.717) is 18.2 Å². The third-order valence-corrected chi connectivity index (χ3v) is 5.54. The molecule has 1 amide bonds. The van der Waals surface area contributed by atoms with E-state index in [1.165, 1.54) is 11.8 Å². The van der Waals surface area contributed by atoms with Gasteiger partial charge in [0.25, 0.3) is 0 Å². The number of thioether (sulfide) groups is 1. The summed E-state index contributed by atoms with van der Waals surface area (Å²) in [5, 5.41) is 9.59. The van der Waals surface area contributed by atoms with E-state index in [1.807, 2.05) is 55.5 Å². The van der Waals surface area contributed by atoms with Crippen molar-refractivity contribution >= 4 is 23.4 Å². The van der Waals surface area contributed by atoms with Gasteiger partial charge in [0.1, 0.15) is 5.82 Å². The number of rotatable bonds is 7. The molecule has 0 bridgehead atoms. The molecule has 2 aromatic carbocycles. The number of carbonyl (C=O) groups excluding carboxylic acids is 1. The maximum atomic E-state index is 12.8. The summed E-state index contributed by atoms with van der Waals surface area (Å²) >= 11 is 1.45. The van der Waals surface area contributed by atoms with Crippen LogP contribution in [0.4, 0.5) is 5.69 Å². The lowest BCUT2D eigenvalue weighted by Crippen LogP contribution is -2.32. The first-order valence-corrected chi connectivity index (χ1v) is 10.3. The number of hydrogen-bond donors (Lipinski definition) is 0. The zero-order chi connectivity index (χ0) is 18.6. The Morgan fingerprint density at radius 3 is 2.37 bits per heavy atom. The first-order valence-electron chi connectivity index (χ1n) is 9.27. The molecule has 0 aliphatic heterocycles. The summed E-state index contributed by atoms with van der Waals surface area (Å²) < 4.78 is 2.11. The van der Waals surface area contributed by atoms with Crippen LogP contribution in [-0.4, -0.2) is 33.0 Å². The highest BCUT2D eigenvalue weighted by Gasteiger charge is 2.31. The van der Waals surface area contributed by atoms with Crippen LogP contribution >= 0.6 is 11.8 Å². The Morgan fingerprint density at radius 1 is 1.07 bits per heavy atom. The molecule has 5 nitrogen and oxygen atoms in total. The minimum Gasteiger partial charge on any atom is -0.312 e. The molecular weight excluding hydrogens is 356 g/mol. The summed E-state index contributed by atoms with van der Waals surface area (Å²) in [6, 6.07) is 19.9. The van der Waals surface area contributed by atoms with Crippen LogP contribution in [0, 0.1) is 0 Å². The van der Waals surface area contributed by atoms with Gasteiger partial charge in [-0.25, -0.2) is 0 Å². The summed E-state index contributed by atoms with van der Waals surface area (Å²) in [6.07, 6.45) is 2.32. The minimum absolute atomic E-state index is 0.0734. The van der Waals surface area contributed by atoms with Crippen LogP contribution in [0.2, 0.25) is 0 Å². The fraction of sp³-hybridized carbons (Fsp3) is 0.286. The highest BCUT2D eigenvalue weighted by Crippen LogP contribution is 2.41. The smallest absolute Gasteiger partial charge is 0.237 e. The number of carbonyl (C=O) groups is 1. The predicted octanol–water partition coefficient (Wildman–Crippen LogP) is 4.29. The van der Waals surface area contributed by atoms with E-state index >= 15 is 0 Å². The zero-order valence-electron chi connectivity index (χ0n) is 15.3. The van der Waals surface area contributed by atoms with Gasteiger partial charge >= 0.3 is 0 Å². The van der Waals surface area contributed by atoms with Gasteiger partial charge in [-0.3, -0.25) is 9.36 Å². The van der Waals surface area contributed by atoms with Crippen LogP contribution in [0.5, 0.6) is 0 Å². The third kappa shape index (κ3) is 3.90. The fourth-order valence-electron chi connectivity index (χ4n) is 3.12. The lowest BCUT2D eigenvalue weighted by molar-refractivity contribution is -0.116. The number of anilines is 1. The van der Waals surface area contributed by atoms with Gasteiger partial charge in [0.2, 0.25) is 5.91 Å². The summed E-state index contributed by atoms with van der Waals surface area (Å²) in [4.78, 5) is 14.6. The second-order valence-electron chi connectivity index (χ2n) is 6.55. The molecule has 3 aromatic rings. The standard InChI is InChI=1S/C21H22N4OS/c1-2-24(17-9-5-3-6-10-17)19(26)15-27-21-23-22-20(16-13-14-16)25(21)18-11-7-4-8-12-18/h3-12,16H,2,13-15H2,1H3. The van der Waals surface area contributed by atoms with Crippen LogP contribution in [0.3, 0.4) is 0 Å². The highest BCUT2D eigenvalue weighted by atomic mass is 32.2. The van der Waals surface area contributed by atoms with E-state index < -0.39 is 0 Å². The van der Waals surface area contributed by atoms with Crippen LogP contribution in [-0.2, 0) is 4.79 Å². The number of para-hydroxylation sites is 2. The molecule has 4 rings (SSSR count). The van der Waals surface area contributed by atoms with Gasteiger partial charge in [0.05, 0.1) is 5.75 Å². The SMILES string of the molecule is CCN(C(=O)CSc1nnc(C2CC2)n1-c1ccccc1)c1ccccc1. The average molecular weight is 379 g/mol. The van der Waals surface area contributed by atoms with Crippen LogP contribution in [0.15, 0.2) is 65.8 Å². The lowest BCUT2D eigenvalue weighted by atomic mass is 10.3. The van der Waals surface area contributed by atoms with Gasteiger partial charge in [0, 0.05) is 23.8 Å². The van der Waals surface area contributed by atoms with Gasteiger partial charge in [-0.2, -0.15) is 0 Å². The van der Waals surface area contributed by atoms with Crippen molar-refractivity contribution in [2.24, 2.45) is 0 Å². The van der Waals surface area contributed by atoms with Crippen molar-refractivity contribution in [1.82, 2.24) is 14.8 Å². The topological polar surface area (TPSA) is 51.0 Å². The molecular formula is C21H22N4OS. The molecule has 0 unspecified atom stereocenters. The van der Waals surface area contributed by atoms with Crippen LogP contribution < -0.4 is 4.90 Å². The van der Waals surface area contributed by atoms with E-state index in [1.54, 1.807) is 4.90 Å². The number of benzene rings is 2. The Morgan fingerprint density at radius 2 is 1.74 bits per heavy atom. The Bertz CT molecular complexity index is 906. The largest absolute Gasteiger partial charge is 0.312 e. The molecule has 1 aliphatic carbocycles. The molecule has 6 heteroatoms. The summed E-state index contributed by atoms with van der Waals surface area (Å²) in [5.41, 5.74) is 1.98. The van der Waals surface area contributed by atoms with Crippen molar-refractivity contribution in [3.63, 3.8) is 0 Å². The van der Waals surface area contributed by atoms with Crippen molar-refractivity contribution in [3.05, 3.63) is 66.5 Å². The molecule has 0 N–H and O–H groups in total. The molecule has 0 saturated heterocycles. The maximum absolute atomic E-state index is 12.8. The highest BCUT2D eigenvalue weighted by molar-refractivity contribution is 7.99. The first-order chi connectivity index (χ1) is 13.3. The van der Waals surface area contributed by atoms with Crippen molar-refractivity contribution in [2.45, 2.75) is 30.8 Å². The zero-order valence-corrected chi connectivity index (χ0v) is 16.1. The van der Waals surface area contributed by atoms with E-state index in [4.69, 9.17) is 0 Å². The predicted molar refractivity (Wildman–Crippen MR) is 109 cm³/mol. The fourth-order valence-corrected chi connectivity index (χ4v) is 3.95. The Labute approximate surface area is 163 Å². The van der Waals surface area contributed by atoms with Crippen molar-refractivity contribution in [3.8, 4) is 5.69 Å². The monoisotopic (exact) mass is 378 g/mol. The van der Waals surface area contributed by atoms with Crippen molar-refractivity contribution in [2.75, 3.05) is 17.2 Å². The Balaban J connectivity index is 1.54. The number of hydrogen-bond acceptors (Lipinski definition) is 4. The Hall–Kier alpha value is -2.60. The lowest BCUT2D eigenvalue weighted by Gasteiger charge is -2.20. The van der Waals surface area contributed by atoms with E-state index in [9.17, 15) is 4.79 Å². The Kier molecular flexibility index (Phi) is 5.25. The summed E-state index contributed by atoms with van der Waals surface area (Å²) in [5.74, 6) is 1.90. The van der Waals surface area contributed by atoms with E-state index in [2.05, 4.69) is 26.9 Å². The molecule has 0 radical (unpaired) electrons. The third-order valence-electron chi connectivity index (χ3n) is 4.63. The first kappa shape index (κ1) is 17.8. The second-order valence-corrected chi connectivity index (χ2v) is 7.49. The summed E-state index contributed by atoms with van der Waals surface area (Å²) in [7, 11) is 0. The molecule has 27 heavy (non-hydrogen) atoms. The number of amides is 1. The molecule has 1 fully saturated rings. The van der Waals surface area contributed by atoms with Crippen LogP contribution in [0.25, 0.3) is 5.69 Å². The number of aromatic nitrogens is 3. The van der Waals surface area contributed by atoms with Crippen molar-refractivity contribution < 1.29 is 4.79 Å². The normalized spacial score (nSPS) is 13.5. The second kappa shape index (κ2) is 7.96. The van der Waals surface area contributed by atoms with Crippen molar-refractivity contribution in [1.29, 1.82) is 0 Å². The molecule has 138 valence electrons. The van der Waals surface area contributed by atoms with Gasteiger partial charge in [-0.15, -0.1) is 10.2 Å².